The number of ether oxygens (including phenoxy) is 1. The van der Waals surface area contributed by atoms with Crippen molar-refractivity contribution in [2.45, 2.75) is 44.8 Å². The van der Waals surface area contributed by atoms with E-state index >= 15 is 0 Å². The lowest BCUT2D eigenvalue weighted by Gasteiger charge is -2.35. The van der Waals surface area contributed by atoms with Gasteiger partial charge < -0.3 is 10.5 Å². The number of hydrogen-bond acceptors (Lipinski definition) is 2. The largest absolute Gasteiger partial charge is 0.491 e. The Balaban J connectivity index is 1.90. The van der Waals surface area contributed by atoms with Gasteiger partial charge in [-0.1, -0.05) is 36.4 Å². The van der Waals surface area contributed by atoms with Crippen LogP contribution in [0.25, 0.3) is 0 Å². The van der Waals surface area contributed by atoms with E-state index in [1.54, 1.807) is 0 Å². The van der Waals surface area contributed by atoms with Crippen LogP contribution in [0, 0.1) is 0 Å². The van der Waals surface area contributed by atoms with Gasteiger partial charge in [-0.15, -0.1) is 0 Å². The third kappa shape index (κ3) is 2.96. The molecule has 3 rings (SSSR count). The van der Waals surface area contributed by atoms with Crippen molar-refractivity contribution >= 4 is 0 Å². The summed E-state index contributed by atoms with van der Waals surface area (Å²) < 4.78 is 5.80. The van der Waals surface area contributed by atoms with Crippen LogP contribution in [0.4, 0.5) is 0 Å². The molecule has 0 saturated heterocycles. The molecule has 1 aliphatic rings. The molecular formula is C19H23NO. The molecule has 2 aromatic rings. The Hall–Kier alpha value is -1.80. The predicted molar refractivity (Wildman–Crippen MR) is 86.5 cm³/mol. The Kier molecular flexibility index (Phi) is 3.73. The van der Waals surface area contributed by atoms with Crippen LogP contribution >= 0.6 is 0 Å². The van der Waals surface area contributed by atoms with Gasteiger partial charge in [-0.2, -0.15) is 0 Å². The third-order valence-corrected chi connectivity index (χ3v) is 4.25. The highest BCUT2D eigenvalue weighted by Crippen LogP contribution is 2.35. The van der Waals surface area contributed by atoms with Crippen LogP contribution in [0.1, 0.15) is 37.0 Å². The molecule has 1 unspecified atom stereocenters. The van der Waals surface area contributed by atoms with Crippen LogP contribution in [-0.4, -0.2) is 6.10 Å². The summed E-state index contributed by atoms with van der Waals surface area (Å²) in [6.45, 7) is 4.09. The summed E-state index contributed by atoms with van der Waals surface area (Å²) in [5, 5.41) is 0. The molecule has 0 aromatic heterocycles. The molecule has 1 atom stereocenters. The lowest BCUT2D eigenvalue weighted by molar-refractivity contribution is 0.241. The van der Waals surface area contributed by atoms with Crippen LogP contribution < -0.4 is 10.5 Å². The summed E-state index contributed by atoms with van der Waals surface area (Å²) in [4.78, 5) is 0. The molecule has 2 aromatic carbocycles. The molecule has 110 valence electrons. The van der Waals surface area contributed by atoms with E-state index in [2.05, 4.69) is 36.4 Å². The van der Waals surface area contributed by atoms with Crippen LogP contribution in [0.15, 0.2) is 48.5 Å². The maximum Gasteiger partial charge on any atom is 0.120 e. The van der Waals surface area contributed by atoms with E-state index in [1.807, 2.05) is 26.0 Å². The van der Waals surface area contributed by atoms with Crippen LogP contribution in [0.3, 0.4) is 0 Å². The van der Waals surface area contributed by atoms with Gasteiger partial charge in [0.05, 0.1) is 6.10 Å². The fourth-order valence-corrected chi connectivity index (χ4v) is 3.16. The van der Waals surface area contributed by atoms with Gasteiger partial charge in [-0.05, 0) is 61.9 Å². The van der Waals surface area contributed by atoms with E-state index in [4.69, 9.17) is 10.5 Å². The molecule has 2 N–H and O–H groups in total. The third-order valence-electron chi connectivity index (χ3n) is 4.25. The van der Waals surface area contributed by atoms with Gasteiger partial charge in [0, 0.05) is 5.54 Å². The van der Waals surface area contributed by atoms with Gasteiger partial charge in [0.1, 0.15) is 5.75 Å². The Morgan fingerprint density at radius 3 is 2.57 bits per heavy atom. The standard InChI is InChI=1S/C19H23NO/c1-14(2)21-18-9-5-8-17(12-18)19(20)11-10-15-6-3-4-7-16(15)13-19/h3-9,12,14H,10-11,13,20H2,1-2H3. The number of hydrogen-bond donors (Lipinski definition) is 1. The number of nitrogens with two attached hydrogens (primary N) is 1. The lowest BCUT2D eigenvalue weighted by atomic mass is 9.74. The average molecular weight is 281 g/mol. The summed E-state index contributed by atoms with van der Waals surface area (Å²) >= 11 is 0. The van der Waals surface area contributed by atoms with Gasteiger partial charge in [-0.25, -0.2) is 0 Å². The first kappa shape index (κ1) is 14.2. The van der Waals surface area contributed by atoms with Crippen LogP contribution in [-0.2, 0) is 18.4 Å². The summed E-state index contributed by atoms with van der Waals surface area (Å²) in [5.41, 5.74) is 10.4. The van der Waals surface area contributed by atoms with Gasteiger partial charge >= 0.3 is 0 Å². The molecule has 0 spiro atoms. The van der Waals surface area contributed by atoms with Crippen molar-refractivity contribution < 1.29 is 4.74 Å². The van der Waals surface area contributed by atoms with Crippen molar-refractivity contribution in [1.82, 2.24) is 0 Å². The Bertz CT molecular complexity index is 635. The molecule has 1 aliphatic carbocycles. The Morgan fingerprint density at radius 1 is 1.05 bits per heavy atom. The van der Waals surface area contributed by atoms with E-state index in [0.717, 1.165) is 25.0 Å². The maximum absolute atomic E-state index is 6.74. The van der Waals surface area contributed by atoms with Crippen LogP contribution in [0.5, 0.6) is 5.75 Å². The molecule has 0 radical (unpaired) electrons. The topological polar surface area (TPSA) is 35.2 Å². The first-order chi connectivity index (χ1) is 10.1. The molecular weight excluding hydrogens is 258 g/mol. The second kappa shape index (κ2) is 5.53. The second-order valence-electron chi connectivity index (χ2n) is 6.30. The fraction of sp³-hybridized carbons (Fsp3) is 0.368. The van der Waals surface area contributed by atoms with Crippen molar-refractivity contribution in [3.05, 3.63) is 65.2 Å². The van der Waals surface area contributed by atoms with Gasteiger partial charge in [0.25, 0.3) is 0 Å². The molecule has 0 fully saturated rings. The zero-order valence-electron chi connectivity index (χ0n) is 12.8. The Morgan fingerprint density at radius 2 is 1.81 bits per heavy atom. The van der Waals surface area contributed by atoms with Gasteiger partial charge in [0.2, 0.25) is 0 Å². The van der Waals surface area contributed by atoms with Crippen LogP contribution in [0.2, 0.25) is 0 Å². The van der Waals surface area contributed by atoms with E-state index in [-0.39, 0.29) is 11.6 Å². The smallest absolute Gasteiger partial charge is 0.120 e. The average Bonchev–Trinajstić information content (AvgIpc) is 2.47. The maximum atomic E-state index is 6.74. The molecule has 0 amide bonds. The number of benzene rings is 2. The first-order valence-corrected chi connectivity index (χ1v) is 7.70. The normalized spacial score (nSPS) is 21.1. The van der Waals surface area contributed by atoms with Crippen molar-refractivity contribution in [3.8, 4) is 5.75 Å². The van der Waals surface area contributed by atoms with E-state index in [0.29, 0.717) is 0 Å². The van der Waals surface area contributed by atoms with E-state index < -0.39 is 0 Å². The molecule has 0 aliphatic heterocycles. The fourth-order valence-electron chi connectivity index (χ4n) is 3.16. The summed E-state index contributed by atoms with van der Waals surface area (Å²) in [7, 11) is 0. The van der Waals surface area contributed by atoms with Gasteiger partial charge in [0.15, 0.2) is 0 Å². The van der Waals surface area contributed by atoms with Crippen molar-refractivity contribution in [2.24, 2.45) is 5.73 Å². The minimum Gasteiger partial charge on any atom is -0.491 e. The molecule has 2 nitrogen and oxygen atoms in total. The zero-order valence-corrected chi connectivity index (χ0v) is 12.8. The monoisotopic (exact) mass is 281 g/mol. The van der Waals surface area contributed by atoms with Gasteiger partial charge in [-0.3, -0.25) is 0 Å². The molecule has 21 heavy (non-hydrogen) atoms. The number of fused-ring (bicyclic) bond motifs is 1. The van der Waals surface area contributed by atoms with Crippen molar-refractivity contribution in [1.29, 1.82) is 0 Å². The summed E-state index contributed by atoms with van der Waals surface area (Å²) in [6, 6.07) is 16.9. The van der Waals surface area contributed by atoms with E-state index in [9.17, 15) is 0 Å². The highest BCUT2D eigenvalue weighted by molar-refractivity contribution is 5.39. The zero-order chi connectivity index (χ0) is 14.9. The van der Waals surface area contributed by atoms with Crippen molar-refractivity contribution in [2.75, 3.05) is 0 Å². The minimum atomic E-state index is -0.287. The highest BCUT2D eigenvalue weighted by Gasteiger charge is 2.32. The second-order valence-corrected chi connectivity index (χ2v) is 6.30. The molecule has 0 bridgehead atoms. The predicted octanol–water partition coefficient (Wildman–Crippen LogP) is 3.82. The number of aryl methyl sites for hydroxylation is 1. The first-order valence-electron chi connectivity index (χ1n) is 7.70. The molecule has 0 heterocycles. The molecule has 2 heteroatoms. The number of rotatable bonds is 3. The minimum absolute atomic E-state index is 0.182. The summed E-state index contributed by atoms with van der Waals surface area (Å²) in [6.07, 6.45) is 3.10. The summed E-state index contributed by atoms with van der Waals surface area (Å²) in [5.74, 6) is 0.909. The highest BCUT2D eigenvalue weighted by atomic mass is 16.5. The van der Waals surface area contributed by atoms with E-state index in [1.165, 1.54) is 16.7 Å². The van der Waals surface area contributed by atoms with Crippen molar-refractivity contribution in [3.63, 3.8) is 0 Å². The lowest BCUT2D eigenvalue weighted by Crippen LogP contribution is -2.42. The molecule has 0 saturated carbocycles. The SMILES string of the molecule is CC(C)Oc1cccc(C2(N)CCc3ccccc3C2)c1. The quantitative estimate of drug-likeness (QED) is 0.928. The Labute approximate surface area is 126 Å².